The Kier molecular flexibility index (Phi) is 4.17. The molecule has 0 bridgehead atoms. The van der Waals surface area contributed by atoms with Crippen molar-refractivity contribution in [3.05, 3.63) is 66.2 Å². The second kappa shape index (κ2) is 5.87. The molecule has 0 aliphatic carbocycles. The van der Waals surface area contributed by atoms with Gasteiger partial charge in [0.15, 0.2) is 0 Å². The molecule has 0 atom stereocenters. The van der Waals surface area contributed by atoms with Gasteiger partial charge in [-0.15, -0.1) is 0 Å². The summed E-state index contributed by atoms with van der Waals surface area (Å²) < 4.78 is 29.0. The van der Waals surface area contributed by atoms with Crippen LogP contribution in [0.1, 0.15) is 5.56 Å². The average molecular weight is 287 g/mol. The van der Waals surface area contributed by atoms with Crippen LogP contribution in [0.5, 0.6) is 0 Å². The van der Waals surface area contributed by atoms with E-state index >= 15 is 0 Å². The lowest BCUT2D eigenvalue weighted by Crippen LogP contribution is -2.15. The zero-order valence-corrected chi connectivity index (χ0v) is 12.1. The molecule has 2 nitrogen and oxygen atoms in total. The summed E-state index contributed by atoms with van der Waals surface area (Å²) in [6.07, 6.45) is 0. The molecule has 21 heavy (non-hydrogen) atoms. The zero-order valence-electron chi connectivity index (χ0n) is 12.1. The van der Waals surface area contributed by atoms with E-state index in [2.05, 4.69) is 13.3 Å². The van der Waals surface area contributed by atoms with E-state index in [1.807, 2.05) is 0 Å². The molecule has 0 spiro atoms. The summed E-state index contributed by atoms with van der Waals surface area (Å²) >= 11 is 0. The van der Waals surface area contributed by atoms with E-state index in [0.29, 0.717) is 16.9 Å². The number of anilines is 1. The van der Waals surface area contributed by atoms with Crippen LogP contribution in [0.4, 0.5) is 20.2 Å². The van der Waals surface area contributed by atoms with E-state index in [9.17, 15) is 8.78 Å². The van der Waals surface area contributed by atoms with E-state index < -0.39 is 0 Å². The molecule has 0 fully saturated rings. The second-order valence-corrected chi connectivity index (χ2v) is 4.85. The molecule has 2 rings (SSSR count). The van der Waals surface area contributed by atoms with Crippen LogP contribution in [0, 0.1) is 11.6 Å². The molecule has 0 aliphatic rings. The minimum absolute atomic E-state index is 0.348. The molecule has 0 saturated heterocycles. The molecule has 0 unspecified atom stereocenters. The quantitative estimate of drug-likeness (QED) is 0.607. The van der Waals surface area contributed by atoms with E-state index in [1.54, 1.807) is 47.8 Å². The maximum atomic E-state index is 14.0. The summed E-state index contributed by atoms with van der Waals surface area (Å²) in [6, 6.07) is 10.8. The highest BCUT2D eigenvalue weighted by Gasteiger charge is 2.15. The lowest BCUT2D eigenvalue weighted by Gasteiger charge is -2.22. The summed E-state index contributed by atoms with van der Waals surface area (Å²) in [6.45, 7) is 7.69. The summed E-state index contributed by atoms with van der Waals surface area (Å²) in [5, 5.41) is 0. The molecular weight excluding hydrogens is 270 g/mol. The van der Waals surface area contributed by atoms with Crippen LogP contribution in [0.3, 0.4) is 0 Å². The van der Waals surface area contributed by atoms with Crippen molar-refractivity contribution in [1.82, 2.24) is 0 Å². The fourth-order valence-corrected chi connectivity index (χ4v) is 1.99. The Labute approximate surface area is 123 Å². The summed E-state index contributed by atoms with van der Waals surface area (Å²) in [4.78, 5) is 1.65. The van der Waals surface area contributed by atoms with Crippen LogP contribution in [0.2, 0.25) is 0 Å². The topological polar surface area (TPSA) is 6.25 Å². The van der Waals surface area contributed by atoms with Gasteiger partial charge in [-0.05, 0) is 24.3 Å². The lowest BCUT2D eigenvalue weighted by atomic mass is 10.1. The smallest absolute Gasteiger partial charge is 0.205 e. The molecule has 0 aliphatic heterocycles. The lowest BCUT2D eigenvalue weighted by molar-refractivity contribution is -0.394. The van der Waals surface area contributed by atoms with Crippen molar-refractivity contribution in [2.75, 3.05) is 19.0 Å². The van der Waals surface area contributed by atoms with Crippen molar-refractivity contribution < 1.29 is 13.4 Å². The molecule has 2 aromatic rings. The van der Waals surface area contributed by atoms with Gasteiger partial charge in [0.25, 0.3) is 0 Å². The number of nitrogens with zero attached hydrogens (tertiary/aromatic N) is 2. The summed E-state index contributed by atoms with van der Waals surface area (Å²) in [5.74, 6) is -0.729. The van der Waals surface area contributed by atoms with Crippen LogP contribution >= 0.6 is 0 Å². The Balaban J connectivity index is 2.39. The number of hydrogen-bond acceptors (Lipinski definition) is 1. The van der Waals surface area contributed by atoms with Gasteiger partial charge in [-0.3, -0.25) is 0 Å². The highest BCUT2D eigenvalue weighted by Crippen LogP contribution is 2.27. The number of hydrogen-bond donors (Lipinski definition) is 0. The first kappa shape index (κ1) is 14.9. The Bertz CT molecular complexity index is 708. The van der Waals surface area contributed by atoms with Gasteiger partial charge in [0.05, 0.1) is 0 Å². The fraction of sp³-hybridized carbons (Fsp3) is 0.118. The monoisotopic (exact) mass is 287 g/mol. The van der Waals surface area contributed by atoms with E-state index in [4.69, 9.17) is 0 Å². The third-order valence-corrected chi connectivity index (χ3v) is 3.30. The fourth-order valence-electron chi connectivity index (χ4n) is 1.99. The highest BCUT2D eigenvalue weighted by atomic mass is 19.1. The molecule has 108 valence electrons. The maximum Gasteiger partial charge on any atom is 0.205 e. The molecule has 0 saturated carbocycles. The molecular formula is C17H17F2N2+. The Hall–Kier alpha value is -2.49. The van der Waals surface area contributed by atoms with Gasteiger partial charge in [0.2, 0.25) is 5.69 Å². The van der Waals surface area contributed by atoms with Gasteiger partial charge in [0, 0.05) is 36.1 Å². The largest absolute Gasteiger partial charge is 0.344 e. The highest BCUT2D eigenvalue weighted by molar-refractivity contribution is 5.78. The Morgan fingerprint density at radius 2 is 1.86 bits per heavy atom. The molecule has 0 heterocycles. The molecule has 0 aromatic heterocycles. The first-order chi connectivity index (χ1) is 9.90. The molecule has 2 aromatic carbocycles. The van der Waals surface area contributed by atoms with Crippen LogP contribution in [0.25, 0.3) is 5.70 Å². The van der Waals surface area contributed by atoms with Crippen LogP contribution in [-0.4, -0.2) is 25.4 Å². The zero-order chi connectivity index (χ0) is 15.6. The number of halogens is 2. The molecule has 0 amide bonds. The molecule has 0 N–H and O–H groups in total. The van der Waals surface area contributed by atoms with E-state index in [-0.39, 0.29) is 11.6 Å². The minimum Gasteiger partial charge on any atom is -0.344 e. The van der Waals surface area contributed by atoms with Gasteiger partial charge >= 0.3 is 0 Å². The van der Waals surface area contributed by atoms with Crippen LogP contribution in [-0.2, 0) is 0 Å². The van der Waals surface area contributed by atoms with Crippen LogP contribution in [0.15, 0.2) is 49.0 Å². The number of rotatable bonds is 4. The van der Waals surface area contributed by atoms with Crippen molar-refractivity contribution in [2.45, 2.75) is 0 Å². The van der Waals surface area contributed by atoms with Crippen molar-refractivity contribution in [2.24, 2.45) is 0 Å². The first-order valence-corrected chi connectivity index (χ1v) is 6.42. The normalized spacial score (nSPS) is 10.3. The third kappa shape index (κ3) is 3.16. The van der Waals surface area contributed by atoms with E-state index in [0.717, 1.165) is 5.69 Å². The summed E-state index contributed by atoms with van der Waals surface area (Å²) in [7, 11) is 3.49. The van der Waals surface area contributed by atoms with E-state index in [1.165, 1.54) is 18.2 Å². The number of benzene rings is 2. The third-order valence-electron chi connectivity index (χ3n) is 3.30. The van der Waals surface area contributed by atoms with Gasteiger partial charge in [0.1, 0.15) is 25.4 Å². The Morgan fingerprint density at radius 1 is 1.14 bits per heavy atom. The van der Waals surface area contributed by atoms with Crippen molar-refractivity contribution in [1.29, 1.82) is 0 Å². The SMILES string of the molecule is C=C(c1cc([N+](=C)C)ccc1F)N(C)c1cccc(F)c1. The predicted molar refractivity (Wildman–Crippen MR) is 83.2 cm³/mol. The van der Waals surface area contributed by atoms with Crippen LogP contribution < -0.4 is 4.90 Å². The van der Waals surface area contributed by atoms with Crippen molar-refractivity contribution in [3.8, 4) is 0 Å². The van der Waals surface area contributed by atoms with Gasteiger partial charge in [-0.1, -0.05) is 12.6 Å². The Morgan fingerprint density at radius 3 is 2.48 bits per heavy atom. The van der Waals surface area contributed by atoms with Gasteiger partial charge in [-0.2, -0.15) is 0 Å². The second-order valence-electron chi connectivity index (χ2n) is 4.85. The minimum atomic E-state index is -0.381. The molecule has 4 heteroatoms. The maximum absolute atomic E-state index is 14.0. The van der Waals surface area contributed by atoms with Gasteiger partial charge < -0.3 is 4.90 Å². The molecule has 0 radical (unpaired) electrons. The summed E-state index contributed by atoms with van der Waals surface area (Å²) in [5.41, 5.74) is 2.17. The standard InChI is InChI=1S/C17H17F2N2/c1-12(21(4)15-7-5-6-13(18)10-15)16-11-14(20(2)3)8-9-17(16)19/h5-11H,1-2H2,3-4H3/q+1. The van der Waals surface area contributed by atoms with Gasteiger partial charge in [-0.25, -0.2) is 13.4 Å². The van der Waals surface area contributed by atoms with Crippen molar-refractivity contribution >= 4 is 23.8 Å². The van der Waals surface area contributed by atoms with Crippen molar-refractivity contribution in [3.63, 3.8) is 0 Å². The predicted octanol–water partition coefficient (Wildman–Crippen LogP) is 4.05. The first-order valence-electron chi connectivity index (χ1n) is 6.42. The average Bonchev–Trinajstić information content (AvgIpc) is 2.46.